The third kappa shape index (κ3) is 1.75. The molecular weight excluding hydrogens is 280 g/mol. The number of carbonyl (C=O) groups excluding carboxylic acids is 3. The summed E-state index contributed by atoms with van der Waals surface area (Å²) in [6.45, 7) is 1.44. The third-order valence-corrected chi connectivity index (χ3v) is 4.92. The van der Waals surface area contributed by atoms with E-state index in [0.29, 0.717) is 11.4 Å². The highest BCUT2D eigenvalue weighted by atomic mass is 16.2. The molecule has 1 saturated heterocycles. The molecule has 1 aliphatic heterocycles. The monoisotopic (exact) mass is 296 g/mol. The molecule has 5 heteroatoms. The Balaban J connectivity index is 1.62. The van der Waals surface area contributed by atoms with Crippen molar-refractivity contribution in [3.05, 3.63) is 36.4 Å². The Bertz CT molecular complexity index is 677. The number of nitrogens with zero attached hydrogens (tertiary/aromatic N) is 1. The van der Waals surface area contributed by atoms with E-state index in [9.17, 15) is 14.4 Å². The SMILES string of the molecule is CC(=O)Nc1ccc(N2C(=O)[C@@H]3[C@H](C2=O)[C@H]2C=C[C@H]3C2)cc1. The van der Waals surface area contributed by atoms with Crippen molar-refractivity contribution in [1.82, 2.24) is 0 Å². The smallest absolute Gasteiger partial charge is 0.238 e. The molecule has 4 atom stereocenters. The maximum absolute atomic E-state index is 12.7. The molecule has 112 valence electrons. The molecule has 3 aliphatic rings. The lowest BCUT2D eigenvalue weighted by atomic mass is 9.85. The normalized spacial score (nSPS) is 31.8. The minimum Gasteiger partial charge on any atom is -0.326 e. The number of anilines is 2. The minimum absolute atomic E-state index is 0.0841. The largest absolute Gasteiger partial charge is 0.326 e. The predicted molar refractivity (Wildman–Crippen MR) is 81.0 cm³/mol. The molecule has 0 radical (unpaired) electrons. The zero-order chi connectivity index (χ0) is 15.4. The van der Waals surface area contributed by atoms with Gasteiger partial charge in [0.2, 0.25) is 17.7 Å². The van der Waals surface area contributed by atoms with E-state index >= 15 is 0 Å². The number of hydrogen-bond donors (Lipinski definition) is 1. The lowest BCUT2D eigenvalue weighted by molar-refractivity contribution is -0.123. The number of benzene rings is 1. The Morgan fingerprint density at radius 1 is 1.05 bits per heavy atom. The van der Waals surface area contributed by atoms with Gasteiger partial charge in [-0.3, -0.25) is 19.3 Å². The van der Waals surface area contributed by atoms with Gasteiger partial charge in [0.15, 0.2) is 0 Å². The maximum atomic E-state index is 12.7. The van der Waals surface area contributed by atoms with E-state index < -0.39 is 0 Å². The van der Waals surface area contributed by atoms with Gasteiger partial charge in [0.1, 0.15) is 0 Å². The van der Waals surface area contributed by atoms with E-state index in [4.69, 9.17) is 0 Å². The molecule has 0 unspecified atom stereocenters. The molecule has 5 nitrogen and oxygen atoms in total. The Morgan fingerprint density at radius 3 is 2.09 bits per heavy atom. The van der Waals surface area contributed by atoms with Gasteiger partial charge < -0.3 is 5.32 Å². The first-order valence-corrected chi connectivity index (χ1v) is 7.50. The predicted octanol–water partition coefficient (Wildman–Crippen LogP) is 1.96. The first-order chi connectivity index (χ1) is 10.6. The van der Waals surface area contributed by atoms with Crippen LogP contribution in [0.1, 0.15) is 13.3 Å². The second-order valence-electron chi connectivity index (χ2n) is 6.24. The number of carbonyl (C=O) groups is 3. The zero-order valence-electron chi connectivity index (χ0n) is 12.2. The number of nitrogens with one attached hydrogen (secondary N) is 1. The van der Waals surface area contributed by atoms with Crippen LogP contribution in [0.2, 0.25) is 0 Å². The van der Waals surface area contributed by atoms with Crippen LogP contribution in [0.4, 0.5) is 11.4 Å². The molecule has 1 heterocycles. The molecule has 0 aromatic heterocycles. The van der Waals surface area contributed by atoms with Crippen molar-refractivity contribution in [3.8, 4) is 0 Å². The molecule has 1 N–H and O–H groups in total. The zero-order valence-corrected chi connectivity index (χ0v) is 12.2. The van der Waals surface area contributed by atoms with Gasteiger partial charge in [-0.1, -0.05) is 12.2 Å². The fourth-order valence-electron chi connectivity index (χ4n) is 4.05. The van der Waals surface area contributed by atoms with Crippen LogP contribution in [0.3, 0.4) is 0 Å². The molecular formula is C17H16N2O3. The van der Waals surface area contributed by atoms with Crippen molar-refractivity contribution in [2.45, 2.75) is 13.3 Å². The Labute approximate surface area is 128 Å². The molecule has 2 fully saturated rings. The van der Waals surface area contributed by atoms with Crippen molar-refractivity contribution in [1.29, 1.82) is 0 Å². The van der Waals surface area contributed by atoms with Gasteiger partial charge in [-0.25, -0.2) is 0 Å². The molecule has 4 rings (SSSR count). The number of allylic oxidation sites excluding steroid dienone is 2. The fraction of sp³-hybridized carbons (Fsp3) is 0.353. The van der Waals surface area contributed by atoms with Crippen molar-refractivity contribution in [2.75, 3.05) is 10.2 Å². The van der Waals surface area contributed by atoms with Gasteiger partial charge in [0.05, 0.1) is 17.5 Å². The fourth-order valence-corrected chi connectivity index (χ4v) is 4.05. The lowest BCUT2D eigenvalue weighted by Crippen LogP contribution is -2.32. The lowest BCUT2D eigenvalue weighted by Gasteiger charge is -2.17. The third-order valence-electron chi connectivity index (χ3n) is 4.92. The Morgan fingerprint density at radius 2 is 1.59 bits per heavy atom. The van der Waals surface area contributed by atoms with Crippen molar-refractivity contribution in [3.63, 3.8) is 0 Å². The van der Waals surface area contributed by atoms with Gasteiger partial charge in [-0.2, -0.15) is 0 Å². The van der Waals surface area contributed by atoms with E-state index in [0.717, 1.165) is 6.42 Å². The highest BCUT2D eigenvalue weighted by molar-refractivity contribution is 6.22. The molecule has 1 aromatic rings. The summed E-state index contributed by atoms with van der Waals surface area (Å²) in [6, 6.07) is 6.82. The average molecular weight is 296 g/mol. The summed E-state index contributed by atoms with van der Waals surface area (Å²) in [7, 11) is 0. The van der Waals surface area contributed by atoms with Crippen molar-refractivity contribution < 1.29 is 14.4 Å². The summed E-state index contributed by atoms with van der Waals surface area (Å²) in [5, 5.41) is 2.67. The minimum atomic E-state index is -0.183. The van der Waals surface area contributed by atoms with E-state index in [-0.39, 0.29) is 41.4 Å². The molecule has 22 heavy (non-hydrogen) atoms. The average Bonchev–Trinajstić information content (AvgIpc) is 3.14. The van der Waals surface area contributed by atoms with Crippen molar-refractivity contribution in [2.24, 2.45) is 23.7 Å². The van der Waals surface area contributed by atoms with Crippen LogP contribution in [0.5, 0.6) is 0 Å². The molecule has 1 aromatic carbocycles. The molecule has 1 saturated carbocycles. The summed E-state index contributed by atoms with van der Waals surface area (Å²) in [5.41, 5.74) is 1.23. The maximum Gasteiger partial charge on any atom is 0.238 e. The van der Waals surface area contributed by atoms with Gasteiger partial charge >= 0.3 is 0 Å². The van der Waals surface area contributed by atoms with Gasteiger partial charge in [0.25, 0.3) is 0 Å². The highest BCUT2D eigenvalue weighted by Crippen LogP contribution is 2.53. The van der Waals surface area contributed by atoms with Crippen LogP contribution >= 0.6 is 0 Å². The standard InChI is InChI=1S/C17H16N2O3/c1-9(20)18-12-4-6-13(7-5-12)19-16(21)14-10-2-3-11(8-10)15(14)17(19)22/h2-7,10-11,14-15H,8H2,1H3,(H,18,20)/t10-,11-,14-,15+/m0/s1. The van der Waals surface area contributed by atoms with E-state index in [1.165, 1.54) is 11.8 Å². The van der Waals surface area contributed by atoms with Crippen LogP contribution in [0.15, 0.2) is 36.4 Å². The highest BCUT2D eigenvalue weighted by Gasteiger charge is 2.59. The second kappa shape index (κ2) is 4.53. The van der Waals surface area contributed by atoms with Crippen LogP contribution in [0, 0.1) is 23.7 Å². The Kier molecular flexibility index (Phi) is 2.73. The van der Waals surface area contributed by atoms with Crippen LogP contribution < -0.4 is 10.2 Å². The number of fused-ring (bicyclic) bond motifs is 5. The molecule has 2 aliphatic carbocycles. The first kappa shape index (κ1) is 13.2. The summed E-state index contributed by atoms with van der Waals surface area (Å²) in [4.78, 5) is 37.7. The van der Waals surface area contributed by atoms with Gasteiger partial charge in [-0.15, -0.1) is 0 Å². The number of hydrogen-bond acceptors (Lipinski definition) is 3. The van der Waals surface area contributed by atoms with Crippen LogP contribution in [-0.2, 0) is 14.4 Å². The van der Waals surface area contributed by atoms with Crippen LogP contribution in [-0.4, -0.2) is 17.7 Å². The van der Waals surface area contributed by atoms with Gasteiger partial charge in [-0.05, 0) is 42.5 Å². The number of rotatable bonds is 2. The van der Waals surface area contributed by atoms with Gasteiger partial charge in [0, 0.05) is 12.6 Å². The summed E-state index contributed by atoms with van der Waals surface area (Å²) < 4.78 is 0. The molecule has 0 spiro atoms. The number of imide groups is 1. The van der Waals surface area contributed by atoms with E-state index in [2.05, 4.69) is 17.5 Å². The molecule has 2 bridgehead atoms. The topological polar surface area (TPSA) is 66.5 Å². The summed E-state index contributed by atoms with van der Waals surface area (Å²) >= 11 is 0. The van der Waals surface area contributed by atoms with E-state index in [1.807, 2.05) is 0 Å². The van der Waals surface area contributed by atoms with Crippen LogP contribution in [0.25, 0.3) is 0 Å². The Hall–Kier alpha value is -2.43. The first-order valence-electron chi connectivity index (χ1n) is 7.50. The van der Waals surface area contributed by atoms with E-state index in [1.54, 1.807) is 24.3 Å². The summed E-state index contributed by atoms with van der Waals surface area (Å²) in [5.74, 6) is -0.253. The summed E-state index contributed by atoms with van der Waals surface area (Å²) in [6.07, 6.45) is 5.10. The number of amides is 3. The molecule has 3 amide bonds. The quantitative estimate of drug-likeness (QED) is 0.670. The second-order valence-corrected chi connectivity index (χ2v) is 6.24. The van der Waals surface area contributed by atoms with Crippen molar-refractivity contribution >= 4 is 29.1 Å².